The maximum absolute atomic E-state index is 12.2. The molecule has 0 aliphatic heterocycles. The predicted molar refractivity (Wildman–Crippen MR) is 111 cm³/mol. The Morgan fingerprint density at radius 3 is 3.10 bits per heavy atom. The number of methoxy groups -OCH3 is 1. The number of aromatic amines is 1. The SMILES string of the molecule is CCOC(=O)C1CCc2c([nH]c3ncnc(Nc4ccn5nccc5c4OC)c23)C1. The van der Waals surface area contributed by atoms with Crippen LogP contribution in [0.3, 0.4) is 0 Å². The van der Waals surface area contributed by atoms with Crippen LogP contribution in [0.15, 0.2) is 30.9 Å². The van der Waals surface area contributed by atoms with Gasteiger partial charge in [-0.25, -0.2) is 14.5 Å². The summed E-state index contributed by atoms with van der Waals surface area (Å²) in [4.78, 5) is 24.5. The normalized spacial score (nSPS) is 15.9. The first-order valence-electron chi connectivity index (χ1n) is 9.98. The molecule has 0 saturated carbocycles. The van der Waals surface area contributed by atoms with Gasteiger partial charge in [0, 0.05) is 18.3 Å². The molecule has 154 valence electrons. The average Bonchev–Trinajstić information content (AvgIpc) is 3.38. The standard InChI is InChI=1S/C21H22N6O3/c1-3-30-21(28)12-4-5-13-15(10-12)26-20-17(13)19(22-11-23-20)25-14-7-9-27-16(6-8-24-27)18(14)29-2/h6-9,11-12H,3-5,10H2,1-2H3,(H2,22,23,25,26). The van der Waals surface area contributed by atoms with Crippen molar-refractivity contribution in [1.29, 1.82) is 0 Å². The van der Waals surface area contributed by atoms with E-state index in [0.717, 1.165) is 46.3 Å². The van der Waals surface area contributed by atoms with Crippen LogP contribution in [-0.4, -0.2) is 44.3 Å². The van der Waals surface area contributed by atoms with Crippen molar-refractivity contribution in [3.8, 4) is 5.75 Å². The number of ether oxygens (including phenoxy) is 2. The maximum Gasteiger partial charge on any atom is 0.309 e. The summed E-state index contributed by atoms with van der Waals surface area (Å²) in [5, 5.41) is 8.61. The van der Waals surface area contributed by atoms with E-state index < -0.39 is 0 Å². The van der Waals surface area contributed by atoms with Crippen LogP contribution in [0.1, 0.15) is 24.6 Å². The Labute approximate surface area is 172 Å². The largest absolute Gasteiger partial charge is 0.492 e. The number of aromatic nitrogens is 5. The third-order valence-electron chi connectivity index (χ3n) is 5.58. The Morgan fingerprint density at radius 2 is 2.27 bits per heavy atom. The lowest BCUT2D eigenvalue weighted by Gasteiger charge is -2.21. The number of nitrogens with zero attached hydrogens (tertiary/aromatic N) is 4. The summed E-state index contributed by atoms with van der Waals surface area (Å²) in [7, 11) is 1.64. The lowest BCUT2D eigenvalue weighted by molar-refractivity contribution is -0.148. The first-order valence-corrected chi connectivity index (χ1v) is 9.98. The maximum atomic E-state index is 12.2. The number of rotatable bonds is 5. The van der Waals surface area contributed by atoms with Gasteiger partial charge in [-0.2, -0.15) is 5.10 Å². The fraction of sp³-hybridized carbons (Fsp3) is 0.333. The third-order valence-corrected chi connectivity index (χ3v) is 5.58. The van der Waals surface area contributed by atoms with Gasteiger partial charge in [-0.1, -0.05) is 0 Å². The number of hydrogen-bond donors (Lipinski definition) is 2. The molecule has 4 aromatic rings. The molecule has 0 spiro atoms. The summed E-state index contributed by atoms with van der Waals surface area (Å²) in [6.45, 7) is 2.23. The molecule has 0 bridgehead atoms. The Hall–Kier alpha value is -3.62. The monoisotopic (exact) mass is 406 g/mol. The molecule has 1 unspecified atom stereocenters. The van der Waals surface area contributed by atoms with E-state index in [1.54, 1.807) is 17.8 Å². The number of esters is 1. The Bertz CT molecular complexity index is 1240. The second-order valence-electron chi connectivity index (χ2n) is 7.27. The molecule has 0 amide bonds. The number of H-pyrrole nitrogens is 1. The van der Waals surface area contributed by atoms with Gasteiger partial charge in [0.2, 0.25) is 0 Å². The third kappa shape index (κ3) is 2.94. The van der Waals surface area contributed by atoms with Gasteiger partial charge in [0.15, 0.2) is 5.75 Å². The molecule has 0 saturated heterocycles. The Balaban J connectivity index is 1.53. The van der Waals surface area contributed by atoms with Crippen molar-refractivity contribution in [3.63, 3.8) is 0 Å². The van der Waals surface area contributed by atoms with Crippen LogP contribution in [-0.2, 0) is 22.4 Å². The average molecular weight is 406 g/mol. The van der Waals surface area contributed by atoms with Crippen molar-refractivity contribution < 1.29 is 14.3 Å². The zero-order valence-corrected chi connectivity index (χ0v) is 16.8. The van der Waals surface area contributed by atoms with Gasteiger partial charge in [0.1, 0.15) is 23.3 Å². The molecule has 1 aliphatic carbocycles. The summed E-state index contributed by atoms with van der Waals surface area (Å²) in [5.74, 6) is 1.13. The van der Waals surface area contributed by atoms with Gasteiger partial charge in [-0.15, -0.1) is 0 Å². The summed E-state index contributed by atoms with van der Waals surface area (Å²) in [6, 6.07) is 3.80. The number of carbonyl (C=O) groups excluding carboxylic acids is 1. The van der Waals surface area contributed by atoms with Gasteiger partial charge in [-0.3, -0.25) is 4.79 Å². The van der Waals surface area contributed by atoms with Gasteiger partial charge < -0.3 is 19.8 Å². The van der Waals surface area contributed by atoms with Crippen molar-refractivity contribution in [3.05, 3.63) is 42.1 Å². The molecule has 30 heavy (non-hydrogen) atoms. The molecular weight excluding hydrogens is 384 g/mol. The highest BCUT2D eigenvalue weighted by atomic mass is 16.5. The molecule has 2 N–H and O–H groups in total. The van der Waals surface area contributed by atoms with E-state index in [9.17, 15) is 4.79 Å². The summed E-state index contributed by atoms with van der Waals surface area (Å²) in [5.41, 5.74) is 4.59. The highest BCUT2D eigenvalue weighted by Gasteiger charge is 2.29. The summed E-state index contributed by atoms with van der Waals surface area (Å²) >= 11 is 0. The van der Waals surface area contributed by atoms with Crippen LogP contribution in [0.25, 0.3) is 16.6 Å². The number of pyridine rings is 1. The van der Waals surface area contributed by atoms with Gasteiger partial charge >= 0.3 is 5.97 Å². The van der Waals surface area contributed by atoms with E-state index in [1.165, 1.54) is 6.33 Å². The number of aryl methyl sites for hydroxylation is 1. The second-order valence-corrected chi connectivity index (χ2v) is 7.27. The Morgan fingerprint density at radius 1 is 1.37 bits per heavy atom. The quantitative estimate of drug-likeness (QED) is 0.491. The lowest BCUT2D eigenvalue weighted by atomic mass is 9.87. The van der Waals surface area contributed by atoms with Crippen molar-refractivity contribution in [2.24, 2.45) is 5.92 Å². The van der Waals surface area contributed by atoms with Crippen LogP contribution in [0.5, 0.6) is 5.75 Å². The van der Waals surface area contributed by atoms with E-state index in [2.05, 4.69) is 25.4 Å². The number of anilines is 2. The molecule has 4 heterocycles. The lowest BCUT2D eigenvalue weighted by Crippen LogP contribution is -2.24. The minimum absolute atomic E-state index is 0.126. The van der Waals surface area contributed by atoms with Crippen LogP contribution in [0, 0.1) is 5.92 Å². The highest BCUT2D eigenvalue weighted by Crippen LogP contribution is 2.37. The fourth-order valence-corrected chi connectivity index (χ4v) is 4.22. The number of nitrogens with one attached hydrogen (secondary N) is 2. The fourth-order valence-electron chi connectivity index (χ4n) is 4.22. The molecule has 4 aromatic heterocycles. The zero-order chi connectivity index (χ0) is 20.7. The van der Waals surface area contributed by atoms with Gasteiger partial charge in [0.05, 0.1) is 36.9 Å². The van der Waals surface area contributed by atoms with Crippen molar-refractivity contribution in [2.45, 2.75) is 26.2 Å². The van der Waals surface area contributed by atoms with Crippen LogP contribution in [0.2, 0.25) is 0 Å². The van der Waals surface area contributed by atoms with E-state index in [0.29, 0.717) is 24.6 Å². The van der Waals surface area contributed by atoms with Crippen LogP contribution in [0.4, 0.5) is 11.5 Å². The second kappa shape index (κ2) is 7.33. The van der Waals surface area contributed by atoms with E-state index in [1.807, 2.05) is 25.3 Å². The van der Waals surface area contributed by atoms with Crippen molar-refractivity contribution >= 4 is 34.0 Å². The Kier molecular flexibility index (Phi) is 4.50. The molecule has 0 fully saturated rings. The van der Waals surface area contributed by atoms with Crippen LogP contribution >= 0.6 is 0 Å². The molecular formula is C21H22N6O3. The molecule has 1 aliphatic rings. The molecule has 0 aromatic carbocycles. The molecule has 1 atom stereocenters. The summed E-state index contributed by atoms with van der Waals surface area (Å²) in [6.07, 6.45) is 7.26. The predicted octanol–water partition coefficient (Wildman–Crippen LogP) is 3.03. The topological polar surface area (TPSA) is 106 Å². The first-order chi connectivity index (χ1) is 14.7. The van der Waals surface area contributed by atoms with E-state index in [-0.39, 0.29) is 11.9 Å². The highest BCUT2D eigenvalue weighted by molar-refractivity contribution is 5.94. The van der Waals surface area contributed by atoms with Gasteiger partial charge in [0.25, 0.3) is 0 Å². The zero-order valence-electron chi connectivity index (χ0n) is 16.8. The molecule has 9 nitrogen and oxygen atoms in total. The first kappa shape index (κ1) is 18.4. The molecule has 9 heteroatoms. The van der Waals surface area contributed by atoms with Gasteiger partial charge in [-0.05, 0) is 37.5 Å². The summed E-state index contributed by atoms with van der Waals surface area (Å²) < 4.78 is 12.6. The molecule has 0 radical (unpaired) electrons. The van der Waals surface area contributed by atoms with Crippen molar-refractivity contribution in [1.82, 2.24) is 24.6 Å². The van der Waals surface area contributed by atoms with Crippen LogP contribution < -0.4 is 10.1 Å². The minimum atomic E-state index is -0.134. The smallest absolute Gasteiger partial charge is 0.309 e. The number of hydrogen-bond acceptors (Lipinski definition) is 7. The molecule has 5 rings (SSSR count). The van der Waals surface area contributed by atoms with E-state index in [4.69, 9.17) is 9.47 Å². The number of carbonyl (C=O) groups is 1. The van der Waals surface area contributed by atoms with E-state index >= 15 is 0 Å². The minimum Gasteiger partial charge on any atom is -0.492 e. The number of fused-ring (bicyclic) bond motifs is 4. The van der Waals surface area contributed by atoms with Crippen molar-refractivity contribution in [2.75, 3.05) is 19.0 Å².